The lowest BCUT2D eigenvalue weighted by Gasteiger charge is -2.20. The quantitative estimate of drug-likeness (QED) is 0.762. The molecule has 0 heterocycles. The molecule has 0 radical (unpaired) electrons. The SMILES string of the molecule is CC(C)(N)c1cc(Br)cc(F)c1F. The number of rotatable bonds is 1. The van der Waals surface area contributed by atoms with Gasteiger partial charge >= 0.3 is 0 Å². The van der Waals surface area contributed by atoms with E-state index in [1.54, 1.807) is 13.8 Å². The van der Waals surface area contributed by atoms with Crippen molar-refractivity contribution >= 4 is 15.9 Å². The number of benzene rings is 1. The molecule has 0 aliphatic carbocycles. The fourth-order valence-electron chi connectivity index (χ4n) is 1.02. The lowest BCUT2D eigenvalue weighted by molar-refractivity contribution is 0.454. The second kappa shape index (κ2) is 3.35. The molecular weight excluding hydrogens is 240 g/mol. The first-order chi connectivity index (χ1) is 5.82. The Kier molecular flexibility index (Phi) is 2.73. The molecule has 0 amide bonds. The molecule has 0 aliphatic heterocycles. The molecule has 1 aromatic carbocycles. The third kappa shape index (κ3) is 2.25. The summed E-state index contributed by atoms with van der Waals surface area (Å²) in [4.78, 5) is 0. The zero-order chi connectivity index (χ0) is 10.2. The molecule has 0 bridgehead atoms. The first-order valence-corrected chi connectivity index (χ1v) is 4.55. The molecule has 13 heavy (non-hydrogen) atoms. The summed E-state index contributed by atoms with van der Waals surface area (Å²) < 4.78 is 26.6. The van der Waals surface area contributed by atoms with Crippen molar-refractivity contribution in [3.05, 3.63) is 33.8 Å². The maximum Gasteiger partial charge on any atom is 0.163 e. The highest BCUT2D eigenvalue weighted by molar-refractivity contribution is 9.10. The van der Waals surface area contributed by atoms with E-state index in [1.165, 1.54) is 6.07 Å². The van der Waals surface area contributed by atoms with Gasteiger partial charge in [0.05, 0.1) is 0 Å². The first-order valence-electron chi connectivity index (χ1n) is 3.76. The van der Waals surface area contributed by atoms with Gasteiger partial charge < -0.3 is 5.73 Å². The molecule has 1 aromatic rings. The monoisotopic (exact) mass is 249 g/mol. The van der Waals surface area contributed by atoms with Crippen molar-refractivity contribution in [2.24, 2.45) is 5.73 Å². The minimum atomic E-state index is -0.886. The topological polar surface area (TPSA) is 26.0 Å². The molecule has 0 unspecified atom stereocenters. The van der Waals surface area contributed by atoms with Crippen LogP contribution in [-0.4, -0.2) is 0 Å². The molecule has 1 rings (SSSR count). The van der Waals surface area contributed by atoms with Gasteiger partial charge in [-0.2, -0.15) is 0 Å². The summed E-state index contributed by atoms with van der Waals surface area (Å²) in [5, 5.41) is 0. The number of halogens is 3. The van der Waals surface area contributed by atoms with Crippen molar-refractivity contribution in [1.29, 1.82) is 0 Å². The van der Waals surface area contributed by atoms with E-state index in [0.717, 1.165) is 6.07 Å². The van der Waals surface area contributed by atoms with Gasteiger partial charge in [-0.05, 0) is 26.0 Å². The van der Waals surface area contributed by atoms with Gasteiger partial charge in [-0.25, -0.2) is 8.78 Å². The zero-order valence-electron chi connectivity index (χ0n) is 7.37. The largest absolute Gasteiger partial charge is 0.322 e. The molecule has 2 N–H and O–H groups in total. The molecule has 1 nitrogen and oxygen atoms in total. The summed E-state index contributed by atoms with van der Waals surface area (Å²) in [5.41, 5.74) is 4.95. The van der Waals surface area contributed by atoms with E-state index in [2.05, 4.69) is 15.9 Å². The Labute approximate surface area is 84.1 Å². The third-order valence-electron chi connectivity index (χ3n) is 1.69. The van der Waals surface area contributed by atoms with Crippen LogP contribution in [0.15, 0.2) is 16.6 Å². The van der Waals surface area contributed by atoms with Gasteiger partial charge in [-0.1, -0.05) is 15.9 Å². The normalized spacial score (nSPS) is 11.8. The Bertz CT molecular complexity index is 331. The molecular formula is C9H10BrF2N. The van der Waals surface area contributed by atoms with E-state index in [-0.39, 0.29) is 5.56 Å². The predicted octanol–water partition coefficient (Wildman–Crippen LogP) is 2.92. The molecule has 4 heteroatoms. The van der Waals surface area contributed by atoms with Crippen molar-refractivity contribution in [3.8, 4) is 0 Å². The van der Waals surface area contributed by atoms with Crippen molar-refractivity contribution in [2.75, 3.05) is 0 Å². The maximum atomic E-state index is 13.2. The Balaban J connectivity index is 3.37. The summed E-state index contributed by atoms with van der Waals surface area (Å²) in [6.45, 7) is 3.24. The van der Waals surface area contributed by atoms with E-state index in [4.69, 9.17) is 5.73 Å². The van der Waals surface area contributed by atoms with E-state index in [1.807, 2.05) is 0 Å². The lowest BCUT2D eigenvalue weighted by Crippen LogP contribution is -2.30. The van der Waals surface area contributed by atoms with E-state index < -0.39 is 17.2 Å². The van der Waals surface area contributed by atoms with Crippen LogP contribution in [-0.2, 0) is 5.54 Å². The van der Waals surface area contributed by atoms with Gasteiger partial charge in [0.1, 0.15) is 0 Å². The summed E-state index contributed by atoms with van der Waals surface area (Å²) >= 11 is 3.08. The average Bonchev–Trinajstić information content (AvgIpc) is 1.94. The number of hydrogen-bond donors (Lipinski definition) is 1. The maximum absolute atomic E-state index is 13.2. The highest BCUT2D eigenvalue weighted by Gasteiger charge is 2.21. The second-order valence-corrected chi connectivity index (χ2v) is 4.39. The highest BCUT2D eigenvalue weighted by Crippen LogP contribution is 2.26. The Morgan fingerprint density at radius 3 is 2.31 bits per heavy atom. The van der Waals surface area contributed by atoms with Crippen LogP contribution in [0.25, 0.3) is 0 Å². The molecule has 0 aliphatic rings. The molecule has 0 aromatic heterocycles. The van der Waals surface area contributed by atoms with Crippen molar-refractivity contribution in [2.45, 2.75) is 19.4 Å². The summed E-state index contributed by atoms with van der Waals surface area (Å²) in [6, 6.07) is 2.56. The average molecular weight is 250 g/mol. The third-order valence-corrected chi connectivity index (χ3v) is 2.15. The van der Waals surface area contributed by atoms with Crippen LogP contribution >= 0.6 is 15.9 Å². The Hall–Kier alpha value is -0.480. The molecule has 0 spiro atoms. The van der Waals surface area contributed by atoms with Crippen LogP contribution in [0.5, 0.6) is 0 Å². The van der Waals surface area contributed by atoms with Crippen LogP contribution in [0.3, 0.4) is 0 Å². The second-order valence-electron chi connectivity index (χ2n) is 3.47. The molecule has 0 fully saturated rings. The van der Waals surface area contributed by atoms with E-state index in [9.17, 15) is 8.78 Å². The van der Waals surface area contributed by atoms with Crippen molar-refractivity contribution in [3.63, 3.8) is 0 Å². The molecule has 72 valence electrons. The van der Waals surface area contributed by atoms with Gasteiger partial charge in [-0.3, -0.25) is 0 Å². The van der Waals surface area contributed by atoms with Crippen LogP contribution < -0.4 is 5.73 Å². The van der Waals surface area contributed by atoms with Gasteiger partial charge in [0, 0.05) is 15.6 Å². The number of nitrogens with two attached hydrogens (primary N) is 1. The summed E-state index contributed by atoms with van der Waals surface area (Å²) in [5.74, 6) is -1.77. The Morgan fingerprint density at radius 1 is 1.31 bits per heavy atom. The van der Waals surface area contributed by atoms with Crippen LogP contribution in [0.1, 0.15) is 19.4 Å². The van der Waals surface area contributed by atoms with Crippen molar-refractivity contribution in [1.82, 2.24) is 0 Å². The molecule has 0 atom stereocenters. The molecule has 0 saturated carbocycles. The fraction of sp³-hybridized carbons (Fsp3) is 0.333. The minimum absolute atomic E-state index is 0.166. The smallest absolute Gasteiger partial charge is 0.163 e. The van der Waals surface area contributed by atoms with E-state index >= 15 is 0 Å². The van der Waals surface area contributed by atoms with Crippen molar-refractivity contribution < 1.29 is 8.78 Å². The van der Waals surface area contributed by atoms with Gasteiger partial charge in [0.15, 0.2) is 11.6 Å². The number of hydrogen-bond acceptors (Lipinski definition) is 1. The predicted molar refractivity (Wildman–Crippen MR) is 51.3 cm³/mol. The molecule has 0 saturated heterocycles. The highest BCUT2D eigenvalue weighted by atomic mass is 79.9. The van der Waals surface area contributed by atoms with Crippen LogP contribution in [0.2, 0.25) is 0 Å². The zero-order valence-corrected chi connectivity index (χ0v) is 8.95. The van der Waals surface area contributed by atoms with Crippen LogP contribution in [0.4, 0.5) is 8.78 Å². The van der Waals surface area contributed by atoms with Gasteiger partial charge in [0.2, 0.25) is 0 Å². The minimum Gasteiger partial charge on any atom is -0.322 e. The lowest BCUT2D eigenvalue weighted by atomic mass is 9.95. The first kappa shape index (κ1) is 10.6. The van der Waals surface area contributed by atoms with Gasteiger partial charge in [-0.15, -0.1) is 0 Å². The standard InChI is InChI=1S/C9H10BrF2N/c1-9(2,13)6-3-5(10)4-7(11)8(6)12/h3-4H,13H2,1-2H3. The van der Waals surface area contributed by atoms with Gasteiger partial charge in [0.25, 0.3) is 0 Å². The Morgan fingerprint density at radius 2 is 1.85 bits per heavy atom. The van der Waals surface area contributed by atoms with Crippen LogP contribution in [0, 0.1) is 11.6 Å². The fourth-order valence-corrected chi connectivity index (χ4v) is 1.45. The van der Waals surface area contributed by atoms with E-state index in [0.29, 0.717) is 4.47 Å². The summed E-state index contributed by atoms with van der Waals surface area (Å²) in [6.07, 6.45) is 0. The summed E-state index contributed by atoms with van der Waals surface area (Å²) in [7, 11) is 0.